The van der Waals surface area contributed by atoms with Gasteiger partial charge in [0.1, 0.15) is 6.54 Å². The lowest BCUT2D eigenvalue weighted by molar-refractivity contribution is -0.123. The SMILES string of the molecule is CC1(CO)CCCN(CC(=O)NCC#N)C1. The van der Waals surface area contributed by atoms with E-state index in [-0.39, 0.29) is 24.5 Å². The molecule has 0 radical (unpaired) electrons. The Morgan fingerprint density at radius 3 is 3.06 bits per heavy atom. The fraction of sp³-hybridized carbons (Fsp3) is 0.818. The van der Waals surface area contributed by atoms with Crippen molar-refractivity contribution in [2.45, 2.75) is 19.8 Å². The molecule has 0 aromatic rings. The molecule has 1 aliphatic heterocycles. The van der Waals surface area contributed by atoms with E-state index in [1.165, 1.54) is 0 Å². The Balaban J connectivity index is 2.37. The number of rotatable bonds is 4. The summed E-state index contributed by atoms with van der Waals surface area (Å²) in [5.74, 6) is -0.122. The zero-order valence-corrected chi connectivity index (χ0v) is 9.70. The molecule has 1 rings (SSSR count). The number of aliphatic hydroxyl groups is 1. The highest BCUT2D eigenvalue weighted by atomic mass is 16.3. The van der Waals surface area contributed by atoms with Gasteiger partial charge in [-0.15, -0.1) is 0 Å². The number of aliphatic hydroxyl groups excluding tert-OH is 1. The van der Waals surface area contributed by atoms with E-state index in [0.717, 1.165) is 25.9 Å². The van der Waals surface area contributed by atoms with Crippen LogP contribution in [-0.4, -0.2) is 48.7 Å². The fourth-order valence-corrected chi connectivity index (χ4v) is 2.09. The average molecular weight is 225 g/mol. The molecule has 0 saturated carbocycles. The quantitative estimate of drug-likeness (QED) is 0.645. The third-order valence-corrected chi connectivity index (χ3v) is 2.97. The van der Waals surface area contributed by atoms with Crippen molar-refractivity contribution in [3.05, 3.63) is 0 Å². The van der Waals surface area contributed by atoms with Crippen molar-refractivity contribution in [3.8, 4) is 6.07 Å². The number of nitrogens with one attached hydrogen (secondary N) is 1. The molecule has 0 aliphatic carbocycles. The molecule has 1 amide bonds. The number of carbonyl (C=O) groups is 1. The summed E-state index contributed by atoms with van der Waals surface area (Å²) in [6, 6.07) is 1.87. The fourth-order valence-electron chi connectivity index (χ4n) is 2.09. The van der Waals surface area contributed by atoms with Gasteiger partial charge in [0.05, 0.1) is 12.6 Å². The van der Waals surface area contributed by atoms with Crippen LogP contribution in [0.4, 0.5) is 0 Å². The van der Waals surface area contributed by atoms with Crippen molar-refractivity contribution >= 4 is 5.91 Å². The lowest BCUT2D eigenvalue weighted by Gasteiger charge is -2.38. The van der Waals surface area contributed by atoms with E-state index < -0.39 is 0 Å². The van der Waals surface area contributed by atoms with Crippen LogP contribution in [0.2, 0.25) is 0 Å². The normalized spacial score (nSPS) is 26.1. The van der Waals surface area contributed by atoms with Crippen LogP contribution in [0.5, 0.6) is 0 Å². The summed E-state index contributed by atoms with van der Waals surface area (Å²) in [5, 5.41) is 20.1. The van der Waals surface area contributed by atoms with Crippen LogP contribution in [0.15, 0.2) is 0 Å². The Hall–Kier alpha value is -1.12. The molecule has 1 unspecified atom stereocenters. The first kappa shape index (κ1) is 12.9. The standard InChI is InChI=1S/C11H19N3O2/c1-11(9-15)3-2-6-14(8-11)7-10(16)13-5-4-12/h15H,2-3,5-9H2,1H3,(H,13,16). The van der Waals surface area contributed by atoms with Crippen molar-refractivity contribution in [2.75, 3.05) is 32.8 Å². The van der Waals surface area contributed by atoms with Crippen LogP contribution in [0, 0.1) is 16.7 Å². The van der Waals surface area contributed by atoms with Gasteiger partial charge >= 0.3 is 0 Å². The van der Waals surface area contributed by atoms with Gasteiger partial charge in [0, 0.05) is 18.6 Å². The summed E-state index contributed by atoms with van der Waals surface area (Å²) in [6.07, 6.45) is 2.00. The first-order valence-electron chi connectivity index (χ1n) is 5.56. The Morgan fingerprint density at radius 1 is 1.69 bits per heavy atom. The van der Waals surface area contributed by atoms with Gasteiger partial charge in [0.25, 0.3) is 0 Å². The van der Waals surface area contributed by atoms with E-state index in [2.05, 4.69) is 5.32 Å². The van der Waals surface area contributed by atoms with E-state index in [9.17, 15) is 9.90 Å². The largest absolute Gasteiger partial charge is 0.396 e. The number of piperidine rings is 1. The van der Waals surface area contributed by atoms with Crippen molar-refractivity contribution in [1.82, 2.24) is 10.2 Å². The Kier molecular flexibility index (Phi) is 4.71. The van der Waals surface area contributed by atoms with E-state index in [1.54, 1.807) is 0 Å². The first-order chi connectivity index (χ1) is 7.59. The maximum Gasteiger partial charge on any atom is 0.235 e. The predicted molar refractivity (Wildman–Crippen MR) is 59.5 cm³/mol. The highest BCUT2D eigenvalue weighted by Crippen LogP contribution is 2.28. The molecule has 1 saturated heterocycles. The smallest absolute Gasteiger partial charge is 0.235 e. The zero-order valence-electron chi connectivity index (χ0n) is 9.70. The van der Waals surface area contributed by atoms with E-state index in [1.807, 2.05) is 17.9 Å². The number of amides is 1. The molecule has 0 bridgehead atoms. The monoisotopic (exact) mass is 225 g/mol. The molecule has 1 atom stereocenters. The number of hydrogen-bond donors (Lipinski definition) is 2. The van der Waals surface area contributed by atoms with E-state index >= 15 is 0 Å². The number of nitriles is 1. The molecule has 1 heterocycles. The van der Waals surface area contributed by atoms with Crippen LogP contribution < -0.4 is 5.32 Å². The van der Waals surface area contributed by atoms with Crippen molar-refractivity contribution in [3.63, 3.8) is 0 Å². The Bertz CT molecular complexity index is 287. The summed E-state index contributed by atoms with van der Waals surface area (Å²) < 4.78 is 0. The van der Waals surface area contributed by atoms with E-state index in [0.29, 0.717) is 6.54 Å². The summed E-state index contributed by atoms with van der Waals surface area (Å²) in [7, 11) is 0. The van der Waals surface area contributed by atoms with Crippen LogP contribution in [0.3, 0.4) is 0 Å². The van der Waals surface area contributed by atoms with Gasteiger partial charge < -0.3 is 10.4 Å². The second kappa shape index (κ2) is 5.83. The summed E-state index contributed by atoms with van der Waals surface area (Å²) in [6.45, 7) is 4.19. The van der Waals surface area contributed by atoms with Crippen LogP contribution in [0.25, 0.3) is 0 Å². The average Bonchev–Trinajstić information content (AvgIpc) is 2.26. The van der Waals surface area contributed by atoms with Gasteiger partial charge in [0.15, 0.2) is 0 Å². The molecule has 0 aromatic carbocycles. The highest BCUT2D eigenvalue weighted by Gasteiger charge is 2.30. The van der Waals surface area contributed by atoms with Crippen LogP contribution in [-0.2, 0) is 4.79 Å². The Labute approximate surface area is 96.0 Å². The van der Waals surface area contributed by atoms with Gasteiger partial charge in [-0.05, 0) is 19.4 Å². The van der Waals surface area contributed by atoms with E-state index in [4.69, 9.17) is 5.26 Å². The van der Waals surface area contributed by atoms with Crippen LogP contribution in [0.1, 0.15) is 19.8 Å². The van der Waals surface area contributed by atoms with Crippen molar-refractivity contribution in [1.29, 1.82) is 5.26 Å². The predicted octanol–water partition coefficient (Wildman–Crippen LogP) is -0.279. The topological polar surface area (TPSA) is 76.4 Å². The summed E-state index contributed by atoms with van der Waals surface area (Å²) >= 11 is 0. The van der Waals surface area contributed by atoms with Gasteiger partial charge in [-0.3, -0.25) is 9.69 Å². The Morgan fingerprint density at radius 2 is 2.44 bits per heavy atom. The molecule has 1 fully saturated rings. The van der Waals surface area contributed by atoms with Gasteiger partial charge in [-0.1, -0.05) is 6.92 Å². The first-order valence-corrected chi connectivity index (χ1v) is 5.56. The van der Waals surface area contributed by atoms with Gasteiger partial charge in [-0.25, -0.2) is 0 Å². The van der Waals surface area contributed by atoms with Crippen molar-refractivity contribution in [2.24, 2.45) is 5.41 Å². The van der Waals surface area contributed by atoms with Crippen molar-refractivity contribution < 1.29 is 9.90 Å². The van der Waals surface area contributed by atoms with Gasteiger partial charge in [0.2, 0.25) is 5.91 Å². The zero-order chi connectivity index (χ0) is 12.0. The maximum absolute atomic E-state index is 11.4. The summed E-state index contributed by atoms with van der Waals surface area (Å²) in [5.41, 5.74) is -0.0895. The molecule has 5 nitrogen and oxygen atoms in total. The lowest BCUT2D eigenvalue weighted by Crippen LogP contribution is -2.47. The second-order valence-electron chi connectivity index (χ2n) is 4.72. The second-order valence-corrected chi connectivity index (χ2v) is 4.72. The molecule has 0 spiro atoms. The lowest BCUT2D eigenvalue weighted by atomic mass is 9.83. The van der Waals surface area contributed by atoms with Crippen LogP contribution >= 0.6 is 0 Å². The van der Waals surface area contributed by atoms with Gasteiger partial charge in [-0.2, -0.15) is 5.26 Å². The molecular formula is C11H19N3O2. The molecular weight excluding hydrogens is 206 g/mol. The summed E-state index contributed by atoms with van der Waals surface area (Å²) in [4.78, 5) is 13.4. The molecule has 5 heteroatoms. The third kappa shape index (κ3) is 3.80. The number of hydrogen-bond acceptors (Lipinski definition) is 4. The number of likely N-dealkylation sites (tertiary alicyclic amines) is 1. The third-order valence-electron chi connectivity index (χ3n) is 2.97. The maximum atomic E-state index is 11.4. The minimum Gasteiger partial charge on any atom is -0.396 e. The molecule has 90 valence electrons. The highest BCUT2D eigenvalue weighted by molar-refractivity contribution is 5.78. The molecule has 2 N–H and O–H groups in total. The minimum absolute atomic E-state index is 0.0595. The molecule has 0 aromatic heterocycles. The molecule has 16 heavy (non-hydrogen) atoms. The minimum atomic E-state index is -0.122. The molecule has 1 aliphatic rings. The number of nitrogens with zero attached hydrogens (tertiary/aromatic N) is 2. The number of carbonyl (C=O) groups excluding carboxylic acids is 1.